The molecule has 0 radical (unpaired) electrons. The van der Waals surface area contributed by atoms with Gasteiger partial charge in [0.25, 0.3) is 0 Å². The van der Waals surface area contributed by atoms with Gasteiger partial charge in [-0.15, -0.1) is 0 Å². The number of carbonyl (C=O) groups excluding carboxylic acids is 1. The molecule has 0 amide bonds. The molecule has 0 aliphatic heterocycles. The Hall–Kier alpha value is 1.59. The van der Waals surface area contributed by atoms with Gasteiger partial charge in [0.2, 0.25) is 0 Å². The van der Waals surface area contributed by atoms with Crippen molar-refractivity contribution in [3.8, 4) is 0 Å². The molecule has 0 heterocycles. The Labute approximate surface area is 106 Å². The molecule has 2 atom stereocenters. The predicted molar refractivity (Wildman–Crippen MR) is 32.6 cm³/mol. The summed E-state index contributed by atoms with van der Waals surface area (Å²) in [6.07, 6.45) is 0. The van der Waals surface area contributed by atoms with E-state index in [1.54, 1.807) is 13.8 Å². The first-order chi connectivity index (χ1) is 3.55. The van der Waals surface area contributed by atoms with E-state index in [2.05, 4.69) is 15.9 Å². The Morgan fingerprint density at radius 1 is 1.56 bits per heavy atom. The zero-order chi connectivity index (χ0) is 6.73. The summed E-state index contributed by atoms with van der Waals surface area (Å²) < 4.78 is 0. The van der Waals surface area contributed by atoms with Gasteiger partial charge >= 0.3 is 51.4 Å². The average molecular weight is 219 g/mol. The van der Waals surface area contributed by atoms with Gasteiger partial charge in [-0.25, -0.2) is 0 Å². The van der Waals surface area contributed by atoms with Crippen molar-refractivity contribution >= 4 is 21.9 Å². The van der Waals surface area contributed by atoms with Crippen LogP contribution in [0.2, 0.25) is 0 Å². The minimum absolute atomic E-state index is 0. The molecule has 0 rings (SSSR count). The molecule has 2 nitrogen and oxygen atoms in total. The minimum Gasteiger partial charge on any atom is -0.550 e. The SMILES string of the molecule is CC(Br)C(C)C(=O)[O-].[K+]. The van der Waals surface area contributed by atoms with Gasteiger partial charge in [0.05, 0.1) is 0 Å². The molecule has 0 aliphatic rings. The van der Waals surface area contributed by atoms with Gasteiger partial charge in [-0.2, -0.15) is 0 Å². The van der Waals surface area contributed by atoms with Crippen molar-refractivity contribution in [1.29, 1.82) is 0 Å². The standard InChI is InChI=1S/C5H9BrO2.K/c1-3(4(2)6)5(7)8;/h3-4H,1-2H3,(H,7,8);/q;+1/p-1. The largest absolute Gasteiger partial charge is 1.00 e. The number of carboxylic acids is 1. The number of hydrogen-bond donors (Lipinski definition) is 0. The second kappa shape index (κ2) is 6.31. The monoisotopic (exact) mass is 218 g/mol. The summed E-state index contributed by atoms with van der Waals surface area (Å²) in [6.45, 7) is 3.38. The van der Waals surface area contributed by atoms with Gasteiger partial charge in [-0.3, -0.25) is 0 Å². The Morgan fingerprint density at radius 3 is 1.89 bits per heavy atom. The molecule has 0 aromatic rings. The molecule has 0 aromatic heterocycles. The number of alkyl halides is 1. The molecule has 0 N–H and O–H groups in total. The van der Waals surface area contributed by atoms with Gasteiger partial charge in [-0.1, -0.05) is 29.8 Å². The van der Waals surface area contributed by atoms with E-state index in [1.807, 2.05) is 0 Å². The maximum atomic E-state index is 10.00. The Balaban J connectivity index is 0. The Morgan fingerprint density at radius 2 is 1.89 bits per heavy atom. The molecule has 0 aliphatic carbocycles. The molecule has 2 unspecified atom stereocenters. The maximum Gasteiger partial charge on any atom is 1.00 e. The van der Waals surface area contributed by atoms with Gasteiger partial charge in [0.15, 0.2) is 0 Å². The summed E-state index contributed by atoms with van der Waals surface area (Å²) in [6, 6.07) is 0. The molecule has 0 saturated carbocycles. The summed E-state index contributed by atoms with van der Waals surface area (Å²) in [4.78, 5) is 9.99. The quantitative estimate of drug-likeness (QED) is 0.371. The molecular formula is C5H8BrKO2. The number of halogens is 1. The van der Waals surface area contributed by atoms with Crippen LogP contribution < -0.4 is 56.5 Å². The van der Waals surface area contributed by atoms with E-state index in [-0.39, 0.29) is 56.2 Å². The van der Waals surface area contributed by atoms with Crippen LogP contribution in [0.1, 0.15) is 13.8 Å². The van der Waals surface area contributed by atoms with Gasteiger partial charge < -0.3 is 9.90 Å². The van der Waals surface area contributed by atoms with Crippen LogP contribution >= 0.6 is 15.9 Å². The van der Waals surface area contributed by atoms with Crippen LogP contribution in [0.25, 0.3) is 0 Å². The Bertz CT molecular complexity index is 95.0. The van der Waals surface area contributed by atoms with Crippen LogP contribution in [-0.4, -0.2) is 10.8 Å². The molecule has 4 heteroatoms. The fraction of sp³-hybridized carbons (Fsp3) is 0.800. The van der Waals surface area contributed by atoms with E-state index in [0.29, 0.717) is 0 Å². The van der Waals surface area contributed by atoms with Crippen molar-refractivity contribution < 1.29 is 61.3 Å². The van der Waals surface area contributed by atoms with Crippen LogP contribution in [-0.2, 0) is 4.79 Å². The van der Waals surface area contributed by atoms with Crippen LogP contribution in [0.3, 0.4) is 0 Å². The third kappa shape index (κ3) is 6.00. The van der Waals surface area contributed by atoms with Crippen LogP contribution in [0, 0.1) is 5.92 Å². The predicted octanol–water partition coefficient (Wildman–Crippen LogP) is -2.84. The fourth-order valence-corrected chi connectivity index (χ4v) is 0.403. The molecule has 9 heavy (non-hydrogen) atoms. The van der Waals surface area contributed by atoms with Crippen molar-refractivity contribution in [1.82, 2.24) is 0 Å². The number of aliphatic carboxylic acids is 1. The number of rotatable bonds is 2. The summed E-state index contributed by atoms with van der Waals surface area (Å²) in [5, 5.41) is 10.00. The summed E-state index contributed by atoms with van der Waals surface area (Å²) >= 11 is 3.12. The van der Waals surface area contributed by atoms with E-state index < -0.39 is 11.9 Å². The zero-order valence-electron chi connectivity index (χ0n) is 5.85. The second-order valence-corrected chi connectivity index (χ2v) is 3.23. The van der Waals surface area contributed by atoms with E-state index in [4.69, 9.17) is 0 Å². The smallest absolute Gasteiger partial charge is 0.550 e. The zero-order valence-corrected chi connectivity index (χ0v) is 10.6. The molecule has 0 aromatic carbocycles. The topological polar surface area (TPSA) is 40.1 Å². The maximum absolute atomic E-state index is 10.00. The molecule has 0 fully saturated rings. The van der Waals surface area contributed by atoms with Crippen molar-refractivity contribution in [2.75, 3.05) is 0 Å². The number of carbonyl (C=O) groups is 1. The van der Waals surface area contributed by atoms with E-state index in [9.17, 15) is 9.90 Å². The average Bonchev–Trinajstić information content (AvgIpc) is 1.64. The normalized spacial score (nSPS) is 15.4. The summed E-state index contributed by atoms with van der Waals surface area (Å²) in [7, 11) is 0. The van der Waals surface area contributed by atoms with Crippen molar-refractivity contribution in [2.24, 2.45) is 5.92 Å². The summed E-state index contributed by atoms with van der Waals surface area (Å²) in [5.74, 6) is -1.41. The fourth-order valence-electron chi connectivity index (χ4n) is 0.188. The van der Waals surface area contributed by atoms with Gasteiger partial charge in [0.1, 0.15) is 0 Å². The molecule has 0 bridgehead atoms. The van der Waals surface area contributed by atoms with Crippen LogP contribution in [0.15, 0.2) is 0 Å². The van der Waals surface area contributed by atoms with Crippen molar-refractivity contribution in [2.45, 2.75) is 18.7 Å². The third-order valence-electron chi connectivity index (χ3n) is 1.06. The summed E-state index contributed by atoms with van der Waals surface area (Å²) in [5.41, 5.74) is 0. The van der Waals surface area contributed by atoms with Gasteiger partial charge in [-0.05, 0) is 0 Å². The van der Waals surface area contributed by atoms with Crippen molar-refractivity contribution in [3.63, 3.8) is 0 Å². The number of carboxylic acid groups (broad SMARTS) is 1. The van der Waals surface area contributed by atoms with Crippen LogP contribution in [0.4, 0.5) is 0 Å². The van der Waals surface area contributed by atoms with Crippen LogP contribution in [0.5, 0.6) is 0 Å². The van der Waals surface area contributed by atoms with Gasteiger partial charge in [0, 0.05) is 16.7 Å². The van der Waals surface area contributed by atoms with E-state index in [0.717, 1.165) is 0 Å². The van der Waals surface area contributed by atoms with Crippen molar-refractivity contribution in [3.05, 3.63) is 0 Å². The molecular weight excluding hydrogens is 211 g/mol. The first-order valence-corrected chi connectivity index (χ1v) is 3.32. The first-order valence-electron chi connectivity index (χ1n) is 2.40. The van der Waals surface area contributed by atoms with E-state index in [1.165, 1.54) is 0 Å². The van der Waals surface area contributed by atoms with E-state index >= 15 is 0 Å². The third-order valence-corrected chi connectivity index (χ3v) is 1.85. The molecule has 0 spiro atoms. The Kier molecular flexibility index (Phi) is 9.25. The molecule has 48 valence electrons. The first kappa shape index (κ1) is 13.2. The minimum atomic E-state index is -1.01. The number of hydrogen-bond acceptors (Lipinski definition) is 2. The molecule has 0 saturated heterocycles. The second-order valence-electron chi connectivity index (χ2n) is 1.79.